The molecule has 1 fully saturated rings. The van der Waals surface area contributed by atoms with E-state index in [0.29, 0.717) is 62.9 Å². The van der Waals surface area contributed by atoms with E-state index in [1.165, 1.54) is 0 Å². The Morgan fingerprint density at radius 3 is 2.47 bits per heavy atom. The van der Waals surface area contributed by atoms with Gasteiger partial charge in [0.2, 0.25) is 5.95 Å². The van der Waals surface area contributed by atoms with Gasteiger partial charge in [0, 0.05) is 44.1 Å². The molecule has 0 unspecified atom stereocenters. The molecular formula is C25H30N10O3. The number of amides is 1. The highest BCUT2D eigenvalue weighted by Gasteiger charge is 2.24. The van der Waals surface area contributed by atoms with Crippen LogP contribution in [0, 0.1) is 0 Å². The number of anilines is 2. The number of hydrogen-bond donors (Lipinski definition) is 3. The average molecular weight is 519 g/mol. The minimum atomic E-state index is -0.538. The first kappa shape index (κ1) is 25.4. The number of ether oxygens (including phenoxy) is 1. The van der Waals surface area contributed by atoms with E-state index in [1.807, 2.05) is 19.2 Å². The molecule has 13 nitrogen and oxygen atoms in total. The van der Waals surface area contributed by atoms with Crippen LogP contribution in [0.1, 0.15) is 28.7 Å². The van der Waals surface area contributed by atoms with Gasteiger partial charge in [-0.15, -0.1) is 0 Å². The van der Waals surface area contributed by atoms with Gasteiger partial charge in [0.1, 0.15) is 5.82 Å². The van der Waals surface area contributed by atoms with Gasteiger partial charge in [0.15, 0.2) is 22.8 Å². The zero-order valence-corrected chi connectivity index (χ0v) is 21.3. The van der Waals surface area contributed by atoms with Crippen molar-refractivity contribution in [3.8, 4) is 11.4 Å². The van der Waals surface area contributed by atoms with E-state index < -0.39 is 5.91 Å². The topological polar surface area (TPSA) is 160 Å². The van der Waals surface area contributed by atoms with Gasteiger partial charge in [0.05, 0.1) is 25.3 Å². The maximum atomic E-state index is 11.6. The summed E-state index contributed by atoms with van der Waals surface area (Å²) in [6, 6.07) is 7.10. The second-order valence-electron chi connectivity index (χ2n) is 9.05. The molecule has 13 heteroatoms. The molecule has 0 spiro atoms. The summed E-state index contributed by atoms with van der Waals surface area (Å²) in [6.07, 6.45) is 3.26. The summed E-state index contributed by atoms with van der Waals surface area (Å²) in [7, 11) is 2.01. The zero-order chi connectivity index (χ0) is 26.6. The lowest BCUT2D eigenvalue weighted by Gasteiger charge is -2.28. The van der Waals surface area contributed by atoms with Crippen molar-refractivity contribution in [3.05, 3.63) is 53.6 Å². The van der Waals surface area contributed by atoms with Crippen molar-refractivity contribution < 1.29 is 14.7 Å². The van der Waals surface area contributed by atoms with Crippen LogP contribution in [0.25, 0.3) is 22.6 Å². The molecule has 1 aliphatic rings. The number of nitrogens with two attached hydrogens (primary N) is 1. The Balaban J connectivity index is 1.48. The number of benzene rings is 1. The van der Waals surface area contributed by atoms with E-state index in [2.05, 4.69) is 31.3 Å². The van der Waals surface area contributed by atoms with E-state index >= 15 is 0 Å². The fourth-order valence-corrected chi connectivity index (χ4v) is 4.50. The van der Waals surface area contributed by atoms with E-state index in [-0.39, 0.29) is 5.95 Å². The predicted octanol–water partition coefficient (Wildman–Crippen LogP) is 1.47. The Bertz CT molecular complexity index is 1420. The number of morpholine rings is 1. The number of aryl methyl sites for hydroxylation is 1. The first-order chi connectivity index (χ1) is 18.5. The zero-order valence-electron chi connectivity index (χ0n) is 21.3. The standard InChI is InChI=1S/C25H30N10O3/c1-3-35-19(15-33(2)14-16-4-6-17(7-5-16)24(36)32-37)29-20-22(34-8-10-38-11-9-34)30-21(31-23(20)35)18-12-27-25(26)28-13-18/h4-7,12-13,37H,3,8-11,14-15H2,1-2H3,(H,32,36)(H2,26,27,28). The van der Waals surface area contributed by atoms with Crippen LogP contribution in [0.5, 0.6) is 0 Å². The molecule has 1 aliphatic heterocycles. The Kier molecular flexibility index (Phi) is 7.40. The number of rotatable bonds is 8. The Labute approximate surface area is 219 Å². The van der Waals surface area contributed by atoms with Crippen molar-refractivity contribution in [2.24, 2.45) is 0 Å². The molecule has 0 aliphatic carbocycles. The average Bonchev–Trinajstić information content (AvgIpc) is 3.29. The van der Waals surface area contributed by atoms with Gasteiger partial charge >= 0.3 is 0 Å². The smallest absolute Gasteiger partial charge is 0.274 e. The van der Waals surface area contributed by atoms with Crippen LogP contribution in [-0.4, -0.2) is 78.9 Å². The van der Waals surface area contributed by atoms with Gasteiger partial charge in [-0.25, -0.2) is 30.4 Å². The Hall–Kier alpha value is -4.20. The van der Waals surface area contributed by atoms with Gasteiger partial charge in [-0.05, 0) is 31.7 Å². The molecule has 1 saturated heterocycles. The summed E-state index contributed by atoms with van der Waals surface area (Å²) in [5.74, 6) is 1.80. The minimum absolute atomic E-state index is 0.193. The van der Waals surface area contributed by atoms with E-state index in [1.54, 1.807) is 30.0 Å². The number of nitrogens with zero attached hydrogens (tertiary/aromatic N) is 8. The van der Waals surface area contributed by atoms with Crippen LogP contribution in [0.3, 0.4) is 0 Å². The molecular weight excluding hydrogens is 488 g/mol. The molecule has 198 valence electrons. The largest absolute Gasteiger partial charge is 0.378 e. The third kappa shape index (κ3) is 5.25. The highest BCUT2D eigenvalue weighted by Crippen LogP contribution is 2.29. The van der Waals surface area contributed by atoms with Crippen LogP contribution in [0.15, 0.2) is 36.7 Å². The second-order valence-corrected chi connectivity index (χ2v) is 9.05. The first-order valence-electron chi connectivity index (χ1n) is 12.4. The normalized spacial score (nSPS) is 13.8. The molecule has 4 heterocycles. The quantitative estimate of drug-likeness (QED) is 0.229. The van der Waals surface area contributed by atoms with E-state index in [0.717, 1.165) is 28.4 Å². The van der Waals surface area contributed by atoms with Crippen LogP contribution < -0.4 is 16.1 Å². The van der Waals surface area contributed by atoms with Crippen LogP contribution in [-0.2, 0) is 24.4 Å². The number of nitrogens with one attached hydrogen (secondary N) is 1. The Morgan fingerprint density at radius 2 is 1.82 bits per heavy atom. The van der Waals surface area contributed by atoms with Crippen LogP contribution >= 0.6 is 0 Å². The highest BCUT2D eigenvalue weighted by atomic mass is 16.5. The van der Waals surface area contributed by atoms with Gasteiger partial charge in [-0.2, -0.15) is 0 Å². The molecule has 0 saturated carbocycles. The summed E-state index contributed by atoms with van der Waals surface area (Å²) in [4.78, 5) is 38.9. The summed E-state index contributed by atoms with van der Waals surface area (Å²) in [5.41, 5.74) is 10.9. The number of aromatic nitrogens is 6. The maximum absolute atomic E-state index is 11.6. The van der Waals surface area contributed by atoms with Crippen molar-refractivity contribution in [1.82, 2.24) is 39.9 Å². The van der Waals surface area contributed by atoms with Gasteiger partial charge in [0.25, 0.3) is 5.91 Å². The number of hydroxylamine groups is 1. The minimum Gasteiger partial charge on any atom is -0.378 e. The first-order valence-corrected chi connectivity index (χ1v) is 12.4. The summed E-state index contributed by atoms with van der Waals surface area (Å²) in [6.45, 7) is 6.63. The van der Waals surface area contributed by atoms with E-state index in [4.69, 9.17) is 30.6 Å². The molecule has 1 aromatic carbocycles. The molecule has 3 aromatic heterocycles. The number of nitrogen functional groups attached to an aromatic ring is 1. The molecule has 5 rings (SSSR count). The van der Waals surface area contributed by atoms with Gasteiger partial charge in [-0.3, -0.25) is 14.9 Å². The lowest BCUT2D eigenvalue weighted by Crippen LogP contribution is -2.37. The third-order valence-electron chi connectivity index (χ3n) is 6.39. The predicted molar refractivity (Wildman–Crippen MR) is 140 cm³/mol. The maximum Gasteiger partial charge on any atom is 0.274 e. The van der Waals surface area contributed by atoms with Gasteiger partial charge in [-0.1, -0.05) is 12.1 Å². The Morgan fingerprint density at radius 1 is 1.11 bits per heavy atom. The lowest BCUT2D eigenvalue weighted by atomic mass is 10.1. The number of carbonyl (C=O) groups is 1. The molecule has 4 N–H and O–H groups in total. The van der Waals surface area contributed by atoms with Crippen molar-refractivity contribution >= 4 is 28.8 Å². The molecule has 38 heavy (non-hydrogen) atoms. The summed E-state index contributed by atoms with van der Waals surface area (Å²) >= 11 is 0. The fourth-order valence-electron chi connectivity index (χ4n) is 4.50. The SMILES string of the molecule is CCn1c(CN(C)Cc2ccc(C(=O)NO)cc2)nc2c(N3CCOCC3)nc(-c3cnc(N)nc3)nc21. The monoisotopic (exact) mass is 518 g/mol. The van der Waals surface area contributed by atoms with Crippen molar-refractivity contribution in [2.75, 3.05) is 44.0 Å². The van der Waals surface area contributed by atoms with Crippen LogP contribution in [0.2, 0.25) is 0 Å². The molecule has 1 amide bonds. The molecule has 0 atom stereocenters. The summed E-state index contributed by atoms with van der Waals surface area (Å²) in [5, 5.41) is 8.82. The van der Waals surface area contributed by atoms with Crippen molar-refractivity contribution in [3.63, 3.8) is 0 Å². The number of hydrogen-bond acceptors (Lipinski definition) is 11. The summed E-state index contributed by atoms with van der Waals surface area (Å²) < 4.78 is 7.67. The van der Waals surface area contributed by atoms with Gasteiger partial charge < -0.3 is 19.9 Å². The number of fused-ring (bicyclic) bond motifs is 1. The van der Waals surface area contributed by atoms with Crippen molar-refractivity contribution in [2.45, 2.75) is 26.6 Å². The second kappa shape index (κ2) is 11.0. The molecule has 0 bridgehead atoms. The fraction of sp³-hybridized carbons (Fsp3) is 0.360. The third-order valence-corrected chi connectivity index (χ3v) is 6.39. The molecule has 0 radical (unpaired) electrons. The number of carbonyl (C=O) groups excluding carboxylic acids is 1. The van der Waals surface area contributed by atoms with E-state index in [9.17, 15) is 4.79 Å². The lowest BCUT2D eigenvalue weighted by molar-refractivity contribution is 0.0706. The highest BCUT2D eigenvalue weighted by molar-refractivity contribution is 5.93. The number of imidazole rings is 1. The molecule has 4 aromatic rings. The van der Waals surface area contributed by atoms with Crippen LogP contribution in [0.4, 0.5) is 11.8 Å². The van der Waals surface area contributed by atoms with Crippen molar-refractivity contribution in [1.29, 1.82) is 0 Å².